The second-order valence-electron chi connectivity index (χ2n) is 5.69. The third-order valence-electron chi connectivity index (χ3n) is 3.59. The van der Waals surface area contributed by atoms with Gasteiger partial charge in [-0.1, -0.05) is 0 Å². The van der Waals surface area contributed by atoms with Crippen molar-refractivity contribution in [2.75, 3.05) is 19.8 Å². The van der Waals surface area contributed by atoms with Gasteiger partial charge in [0.1, 0.15) is 11.5 Å². The van der Waals surface area contributed by atoms with Gasteiger partial charge in [0.05, 0.1) is 18.8 Å². The summed E-state index contributed by atoms with van der Waals surface area (Å²) in [6.07, 6.45) is 0. The van der Waals surface area contributed by atoms with Crippen molar-refractivity contribution in [3.8, 4) is 5.00 Å². The average Bonchev–Trinajstić information content (AvgIpc) is 3.09. The first-order valence-electron chi connectivity index (χ1n) is 6.94. The molecule has 9 heteroatoms. The number of hydrogen-bond acceptors (Lipinski definition) is 6. The van der Waals surface area contributed by atoms with Crippen LogP contribution in [0.2, 0.25) is 0 Å². The Morgan fingerprint density at radius 3 is 2.95 bits per heavy atom. The van der Waals surface area contributed by atoms with Crippen molar-refractivity contribution in [3.63, 3.8) is 0 Å². The number of tetrazole rings is 1. The SMILES string of the molecule is CC1(C)COCCN1C(=O)Cn1nnn(-c2cccs2)c1=O. The van der Waals surface area contributed by atoms with Gasteiger partial charge < -0.3 is 9.64 Å². The van der Waals surface area contributed by atoms with E-state index in [1.54, 1.807) is 11.0 Å². The van der Waals surface area contributed by atoms with Crippen LogP contribution in [0.1, 0.15) is 13.8 Å². The van der Waals surface area contributed by atoms with Crippen molar-refractivity contribution < 1.29 is 9.53 Å². The number of thiophene rings is 1. The highest BCUT2D eigenvalue weighted by Gasteiger charge is 2.34. The summed E-state index contributed by atoms with van der Waals surface area (Å²) in [5.41, 5.74) is -0.801. The van der Waals surface area contributed by atoms with Gasteiger partial charge in [-0.2, -0.15) is 9.36 Å². The monoisotopic (exact) mass is 323 g/mol. The van der Waals surface area contributed by atoms with E-state index in [0.29, 0.717) is 24.8 Å². The average molecular weight is 323 g/mol. The lowest BCUT2D eigenvalue weighted by molar-refractivity contribution is -0.147. The summed E-state index contributed by atoms with van der Waals surface area (Å²) in [4.78, 5) is 26.5. The summed E-state index contributed by atoms with van der Waals surface area (Å²) in [5, 5.41) is 10.1. The molecule has 0 saturated carbocycles. The Kier molecular flexibility index (Phi) is 3.83. The Bertz CT molecular complexity index is 718. The maximum absolute atomic E-state index is 12.5. The molecular weight excluding hydrogens is 306 g/mol. The lowest BCUT2D eigenvalue weighted by Crippen LogP contribution is -2.56. The first kappa shape index (κ1) is 14.9. The molecule has 3 rings (SSSR count). The summed E-state index contributed by atoms with van der Waals surface area (Å²) in [6.45, 7) is 5.26. The highest BCUT2D eigenvalue weighted by atomic mass is 32.1. The summed E-state index contributed by atoms with van der Waals surface area (Å²) in [6, 6.07) is 3.60. The molecule has 0 unspecified atom stereocenters. The predicted octanol–water partition coefficient (Wildman–Crippen LogP) is 0.128. The summed E-state index contributed by atoms with van der Waals surface area (Å²) < 4.78 is 7.69. The van der Waals surface area contributed by atoms with Crippen LogP contribution in [0.3, 0.4) is 0 Å². The van der Waals surface area contributed by atoms with E-state index in [1.807, 2.05) is 25.3 Å². The number of carbonyl (C=O) groups is 1. The minimum Gasteiger partial charge on any atom is -0.377 e. The van der Waals surface area contributed by atoms with Crippen LogP contribution in [0, 0.1) is 0 Å². The third kappa shape index (κ3) is 2.69. The van der Waals surface area contributed by atoms with E-state index in [4.69, 9.17) is 4.74 Å². The van der Waals surface area contributed by atoms with Crippen molar-refractivity contribution in [2.45, 2.75) is 25.9 Å². The molecule has 22 heavy (non-hydrogen) atoms. The molecule has 0 N–H and O–H groups in total. The maximum atomic E-state index is 12.5. The molecule has 1 saturated heterocycles. The van der Waals surface area contributed by atoms with E-state index < -0.39 is 5.69 Å². The Hall–Kier alpha value is -2.00. The topological polar surface area (TPSA) is 82.2 Å². The van der Waals surface area contributed by atoms with Crippen LogP contribution >= 0.6 is 11.3 Å². The number of rotatable bonds is 3. The van der Waals surface area contributed by atoms with Gasteiger partial charge in [0, 0.05) is 6.54 Å². The van der Waals surface area contributed by atoms with Crippen LogP contribution in [0.5, 0.6) is 0 Å². The second-order valence-corrected chi connectivity index (χ2v) is 6.62. The minimum atomic E-state index is -0.415. The predicted molar refractivity (Wildman–Crippen MR) is 80.1 cm³/mol. The molecule has 0 atom stereocenters. The van der Waals surface area contributed by atoms with Gasteiger partial charge >= 0.3 is 5.69 Å². The summed E-state index contributed by atoms with van der Waals surface area (Å²) in [7, 11) is 0. The Balaban J connectivity index is 1.79. The maximum Gasteiger partial charge on any atom is 0.369 e. The number of amides is 1. The zero-order valence-electron chi connectivity index (χ0n) is 12.4. The quantitative estimate of drug-likeness (QED) is 0.802. The lowest BCUT2D eigenvalue weighted by Gasteiger charge is -2.42. The van der Waals surface area contributed by atoms with Crippen LogP contribution in [0.4, 0.5) is 0 Å². The molecule has 0 radical (unpaired) electrons. The van der Waals surface area contributed by atoms with Crippen LogP contribution < -0.4 is 5.69 Å². The Labute approximate surface area is 130 Å². The van der Waals surface area contributed by atoms with Gasteiger partial charge in [-0.05, 0) is 41.8 Å². The molecule has 2 aromatic rings. The van der Waals surface area contributed by atoms with Gasteiger partial charge in [-0.25, -0.2) is 4.79 Å². The smallest absolute Gasteiger partial charge is 0.369 e. The zero-order chi connectivity index (χ0) is 15.7. The molecule has 0 aliphatic carbocycles. The molecule has 1 aliphatic rings. The number of nitrogens with zero attached hydrogens (tertiary/aromatic N) is 5. The minimum absolute atomic E-state index is 0.117. The fourth-order valence-electron chi connectivity index (χ4n) is 2.44. The first-order chi connectivity index (χ1) is 10.5. The van der Waals surface area contributed by atoms with Crippen LogP contribution in [-0.4, -0.2) is 55.9 Å². The van der Waals surface area contributed by atoms with Gasteiger partial charge in [0.15, 0.2) is 0 Å². The standard InChI is InChI=1S/C13H17N5O3S/c1-13(2)9-21-6-5-16(13)10(19)8-17-12(20)18(15-14-17)11-4-3-7-22-11/h3-4,7H,5-6,8-9H2,1-2H3. The fourth-order valence-corrected chi connectivity index (χ4v) is 3.10. The number of hydrogen-bond donors (Lipinski definition) is 0. The van der Waals surface area contributed by atoms with Crippen molar-refractivity contribution >= 4 is 17.2 Å². The normalized spacial score (nSPS) is 17.6. The number of morpholine rings is 1. The molecule has 118 valence electrons. The summed E-state index contributed by atoms with van der Waals surface area (Å²) in [5.74, 6) is -0.159. The first-order valence-corrected chi connectivity index (χ1v) is 7.82. The molecule has 0 aromatic carbocycles. The molecular formula is C13H17N5O3S. The van der Waals surface area contributed by atoms with E-state index in [9.17, 15) is 9.59 Å². The molecule has 1 aliphatic heterocycles. The molecule has 2 aromatic heterocycles. The highest BCUT2D eigenvalue weighted by Crippen LogP contribution is 2.19. The van der Waals surface area contributed by atoms with Crippen molar-refractivity contribution in [1.82, 2.24) is 24.7 Å². The van der Waals surface area contributed by atoms with E-state index in [0.717, 1.165) is 4.68 Å². The fraction of sp³-hybridized carbons (Fsp3) is 0.538. The van der Waals surface area contributed by atoms with Gasteiger partial charge in [-0.3, -0.25) is 4.79 Å². The Morgan fingerprint density at radius 2 is 2.27 bits per heavy atom. The molecule has 3 heterocycles. The molecule has 0 spiro atoms. The van der Waals surface area contributed by atoms with E-state index >= 15 is 0 Å². The van der Waals surface area contributed by atoms with E-state index in [-0.39, 0.29) is 18.0 Å². The lowest BCUT2D eigenvalue weighted by atomic mass is 10.0. The zero-order valence-corrected chi connectivity index (χ0v) is 13.2. The molecule has 1 fully saturated rings. The molecule has 0 bridgehead atoms. The van der Waals surface area contributed by atoms with Crippen molar-refractivity contribution in [1.29, 1.82) is 0 Å². The van der Waals surface area contributed by atoms with Crippen LogP contribution in [0.25, 0.3) is 5.00 Å². The molecule has 8 nitrogen and oxygen atoms in total. The second kappa shape index (κ2) is 5.65. The van der Waals surface area contributed by atoms with Crippen molar-refractivity contribution in [2.24, 2.45) is 0 Å². The Morgan fingerprint density at radius 1 is 1.45 bits per heavy atom. The summed E-state index contributed by atoms with van der Waals surface area (Å²) >= 11 is 1.39. The van der Waals surface area contributed by atoms with Gasteiger partial charge in [0.25, 0.3) is 0 Å². The highest BCUT2D eigenvalue weighted by molar-refractivity contribution is 7.12. The van der Waals surface area contributed by atoms with Gasteiger partial charge in [-0.15, -0.1) is 11.3 Å². The van der Waals surface area contributed by atoms with E-state index in [1.165, 1.54) is 16.0 Å². The molecule has 1 amide bonds. The number of carbonyl (C=O) groups excluding carboxylic acids is 1. The number of aromatic nitrogens is 4. The van der Waals surface area contributed by atoms with Crippen molar-refractivity contribution in [3.05, 3.63) is 28.0 Å². The van der Waals surface area contributed by atoms with Crippen LogP contribution in [0.15, 0.2) is 22.3 Å². The number of ether oxygens (including phenoxy) is 1. The van der Waals surface area contributed by atoms with E-state index in [2.05, 4.69) is 10.4 Å². The largest absolute Gasteiger partial charge is 0.377 e. The van der Waals surface area contributed by atoms with Gasteiger partial charge in [0.2, 0.25) is 5.91 Å². The van der Waals surface area contributed by atoms with Crippen LogP contribution in [-0.2, 0) is 16.1 Å². The third-order valence-corrected chi connectivity index (χ3v) is 4.43.